The third kappa shape index (κ3) is 3.95. The molecule has 0 aromatic heterocycles. The second kappa shape index (κ2) is 6.94. The van der Waals surface area contributed by atoms with Crippen molar-refractivity contribution in [2.75, 3.05) is 14.2 Å². The molecule has 0 heterocycles. The van der Waals surface area contributed by atoms with Gasteiger partial charge in [-0.25, -0.2) is 4.39 Å². The van der Waals surface area contributed by atoms with Crippen LogP contribution in [-0.4, -0.2) is 26.3 Å². The fraction of sp³-hybridized carbons (Fsp3) is 0.538. The second-order valence-electron chi connectivity index (χ2n) is 4.03. The molecule has 1 aromatic rings. The lowest BCUT2D eigenvalue weighted by Crippen LogP contribution is -2.40. The Balaban J connectivity index is 2.76. The van der Waals surface area contributed by atoms with Crippen LogP contribution in [0.2, 0.25) is 5.02 Å². The van der Waals surface area contributed by atoms with Crippen molar-refractivity contribution < 1.29 is 9.13 Å². The predicted molar refractivity (Wildman–Crippen MR) is 69.0 cm³/mol. The van der Waals surface area contributed by atoms with Gasteiger partial charge in [-0.3, -0.25) is 0 Å². The van der Waals surface area contributed by atoms with E-state index < -0.39 is 0 Å². The third-order valence-electron chi connectivity index (χ3n) is 2.96. The number of halogens is 2. The van der Waals surface area contributed by atoms with E-state index in [1.807, 2.05) is 7.05 Å². The van der Waals surface area contributed by atoms with E-state index in [9.17, 15) is 4.39 Å². The summed E-state index contributed by atoms with van der Waals surface area (Å²) in [5.41, 5.74) is 1.01. The zero-order valence-corrected chi connectivity index (χ0v) is 11.2. The highest BCUT2D eigenvalue weighted by Gasteiger charge is 2.18. The van der Waals surface area contributed by atoms with Gasteiger partial charge >= 0.3 is 0 Å². The first kappa shape index (κ1) is 14.4. The van der Waals surface area contributed by atoms with Gasteiger partial charge in [-0.15, -0.1) is 0 Å². The summed E-state index contributed by atoms with van der Waals surface area (Å²) in [6.45, 7) is 2.08. The van der Waals surface area contributed by atoms with Gasteiger partial charge in [0.2, 0.25) is 0 Å². The van der Waals surface area contributed by atoms with Crippen LogP contribution >= 0.6 is 11.6 Å². The standard InChI is InChI=1S/C13H19ClFNO/c1-4-13(17-3)12(16-2)8-9-5-6-11(15)10(14)7-9/h5-7,12-13,16H,4,8H2,1-3H3. The maximum Gasteiger partial charge on any atom is 0.141 e. The van der Waals surface area contributed by atoms with Crippen LogP contribution in [0, 0.1) is 5.82 Å². The number of likely N-dealkylation sites (N-methyl/N-ethyl adjacent to an activating group) is 1. The Hall–Kier alpha value is -0.640. The number of benzene rings is 1. The molecule has 1 aromatic carbocycles. The first-order valence-electron chi connectivity index (χ1n) is 5.76. The van der Waals surface area contributed by atoms with E-state index in [-0.39, 0.29) is 23.0 Å². The number of nitrogens with one attached hydrogen (secondary N) is 1. The lowest BCUT2D eigenvalue weighted by atomic mass is 10.00. The van der Waals surface area contributed by atoms with Crippen molar-refractivity contribution in [3.63, 3.8) is 0 Å². The molecule has 0 bridgehead atoms. The second-order valence-corrected chi connectivity index (χ2v) is 4.44. The maximum absolute atomic E-state index is 13.0. The highest BCUT2D eigenvalue weighted by Crippen LogP contribution is 2.18. The summed E-state index contributed by atoms with van der Waals surface area (Å²) in [5.74, 6) is -0.379. The topological polar surface area (TPSA) is 21.3 Å². The fourth-order valence-electron chi connectivity index (χ4n) is 1.96. The molecule has 2 atom stereocenters. The SMILES string of the molecule is CCC(OC)C(Cc1ccc(F)c(Cl)c1)NC. The van der Waals surface area contributed by atoms with Gasteiger partial charge in [0.05, 0.1) is 11.1 Å². The lowest BCUT2D eigenvalue weighted by molar-refractivity contribution is 0.0678. The quantitative estimate of drug-likeness (QED) is 0.848. The van der Waals surface area contributed by atoms with E-state index in [1.54, 1.807) is 19.2 Å². The Morgan fingerprint density at radius 1 is 1.47 bits per heavy atom. The molecule has 0 saturated carbocycles. The van der Waals surface area contributed by atoms with Crippen molar-refractivity contribution in [2.45, 2.75) is 31.9 Å². The van der Waals surface area contributed by atoms with Gasteiger partial charge < -0.3 is 10.1 Å². The van der Waals surface area contributed by atoms with E-state index in [2.05, 4.69) is 12.2 Å². The number of ether oxygens (including phenoxy) is 1. The summed E-state index contributed by atoms with van der Waals surface area (Å²) in [6.07, 6.45) is 1.84. The average molecular weight is 260 g/mol. The van der Waals surface area contributed by atoms with Gasteiger partial charge in [0.25, 0.3) is 0 Å². The molecule has 4 heteroatoms. The van der Waals surface area contributed by atoms with Gasteiger partial charge in [0.15, 0.2) is 0 Å². The highest BCUT2D eigenvalue weighted by molar-refractivity contribution is 6.30. The summed E-state index contributed by atoms with van der Waals surface area (Å²) >= 11 is 5.76. The smallest absolute Gasteiger partial charge is 0.141 e. The molecule has 96 valence electrons. The molecule has 0 radical (unpaired) electrons. The van der Waals surface area contributed by atoms with Crippen LogP contribution in [0.4, 0.5) is 4.39 Å². The highest BCUT2D eigenvalue weighted by atomic mass is 35.5. The number of hydrogen-bond donors (Lipinski definition) is 1. The van der Waals surface area contributed by atoms with Crippen LogP contribution in [0.5, 0.6) is 0 Å². The van der Waals surface area contributed by atoms with Crippen LogP contribution in [0.3, 0.4) is 0 Å². The molecule has 0 aliphatic rings. The molecular formula is C13H19ClFNO. The molecule has 0 aliphatic carbocycles. The van der Waals surface area contributed by atoms with Crippen molar-refractivity contribution in [1.82, 2.24) is 5.32 Å². The first-order chi connectivity index (χ1) is 8.12. The molecule has 0 aliphatic heterocycles. The molecule has 2 unspecified atom stereocenters. The Morgan fingerprint density at radius 2 is 2.18 bits per heavy atom. The summed E-state index contributed by atoms with van der Waals surface area (Å²) in [6, 6.07) is 5.03. The van der Waals surface area contributed by atoms with E-state index in [0.29, 0.717) is 0 Å². The molecule has 0 amide bonds. The monoisotopic (exact) mass is 259 g/mol. The van der Waals surface area contributed by atoms with Crippen LogP contribution in [0.15, 0.2) is 18.2 Å². The Morgan fingerprint density at radius 3 is 2.65 bits per heavy atom. The van der Waals surface area contributed by atoms with Crippen molar-refractivity contribution in [3.8, 4) is 0 Å². The van der Waals surface area contributed by atoms with Crippen molar-refractivity contribution in [2.24, 2.45) is 0 Å². The Bertz CT molecular complexity index is 355. The molecule has 1 rings (SSSR count). The van der Waals surface area contributed by atoms with Gasteiger partial charge in [-0.2, -0.15) is 0 Å². The van der Waals surface area contributed by atoms with Gasteiger partial charge in [0, 0.05) is 13.2 Å². The molecule has 0 fully saturated rings. The summed E-state index contributed by atoms with van der Waals surface area (Å²) in [5, 5.41) is 3.39. The van der Waals surface area contributed by atoms with E-state index in [1.165, 1.54) is 6.07 Å². The van der Waals surface area contributed by atoms with Crippen LogP contribution < -0.4 is 5.32 Å². The fourth-order valence-corrected chi connectivity index (χ4v) is 2.16. The van der Waals surface area contributed by atoms with Crippen LogP contribution in [-0.2, 0) is 11.2 Å². The predicted octanol–water partition coefficient (Wildman–Crippen LogP) is 3.03. The van der Waals surface area contributed by atoms with Crippen molar-refractivity contribution in [1.29, 1.82) is 0 Å². The number of methoxy groups -OCH3 is 1. The summed E-state index contributed by atoms with van der Waals surface area (Å²) < 4.78 is 18.4. The van der Waals surface area contributed by atoms with Crippen molar-refractivity contribution in [3.05, 3.63) is 34.6 Å². The molecule has 0 spiro atoms. The largest absolute Gasteiger partial charge is 0.380 e. The van der Waals surface area contributed by atoms with Gasteiger partial charge in [-0.1, -0.05) is 24.6 Å². The van der Waals surface area contributed by atoms with Gasteiger partial charge in [-0.05, 0) is 37.6 Å². The van der Waals surface area contributed by atoms with E-state index in [4.69, 9.17) is 16.3 Å². The molecule has 1 N–H and O–H groups in total. The summed E-state index contributed by atoms with van der Waals surface area (Å²) in [4.78, 5) is 0. The minimum absolute atomic E-state index is 0.142. The zero-order chi connectivity index (χ0) is 12.8. The van der Waals surface area contributed by atoms with Crippen LogP contribution in [0.25, 0.3) is 0 Å². The number of hydrogen-bond acceptors (Lipinski definition) is 2. The van der Waals surface area contributed by atoms with Gasteiger partial charge in [0.1, 0.15) is 5.82 Å². The normalized spacial score (nSPS) is 14.6. The average Bonchev–Trinajstić information content (AvgIpc) is 2.33. The molecule has 0 saturated heterocycles. The van der Waals surface area contributed by atoms with Crippen LogP contribution in [0.1, 0.15) is 18.9 Å². The minimum atomic E-state index is -0.379. The lowest BCUT2D eigenvalue weighted by Gasteiger charge is -2.24. The van der Waals surface area contributed by atoms with E-state index >= 15 is 0 Å². The van der Waals surface area contributed by atoms with Crippen molar-refractivity contribution >= 4 is 11.6 Å². The molecular weight excluding hydrogens is 241 g/mol. The summed E-state index contributed by atoms with van der Waals surface area (Å²) in [7, 11) is 3.60. The molecule has 17 heavy (non-hydrogen) atoms. The Kier molecular flexibility index (Phi) is 5.89. The maximum atomic E-state index is 13.0. The Labute approximate surface area is 107 Å². The minimum Gasteiger partial charge on any atom is -0.380 e. The zero-order valence-electron chi connectivity index (χ0n) is 10.5. The van der Waals surface area contributed by atoms with E-state index in [0.717, 1.165) is 18.4 Å². The number of rotatable bonds is 6. The third-order valence-corrected chi connectivity index (χ3v) is 3.25. The first-order valence-corrected chi connectivity index (χ1v) is 6.14. The molecule has 2 nitrogen and oxygen atoms in total.